The lowest BCUT2D eigenvalue weighted by atomic mass is 9.80. The summed E-state index contributed by atoms with van der Waals surface area (Å²) in [7, 11) is 3.51. The van der Waals surface area contributed by atoms with Gasteiger partial charge in [0.25, 0.3) is 0 Å². The summed E-state index contributed by atoms with van der Waals surface area (Å²) in [6.45, 7) is 5.46. The summed E-state index contributed by atoms with van der Waals surface area (Å²) in [6, 6.07) is 26.6. The van der Waals surface area contributed by atoms with Gasteiger partial charge in [0, 0.05) is 55.0 Å². The van der Waals surface area contributed by atoms with Crippen molar-refractivity contribution in [1.29, 1.82) is 0 Å². The standard InChI is InChI=1S/C54H63Cl2N7O7.C2HF3O2/c1-35(57-30-39-13-19-41(56)27-48(39)70-42-20-14-38(15-21-42)47-31-58-49(61(47)2)32-62-24-6-7-25-62)51(66)59-46(33-69-3)52(67)60-54(29-36-11-17-40(55)18-12-36)23-8-26-63(34-54)53(68)45(28-50(64)65)44-22-16-37-9-4-5-10-43(37)44;3-2(4,5)1(6)7/h4-5,9-15,17-21,27,31,35,44-46,57H,6-8,16,22-26,28-30,32-34H2,1-3H3,(H,59,66)(H,60,67)(H,64,65);(H,6,7)/t35?,44-,45?,46?,54+;/m0./s1. The SMILES string of the molecule is COCC(NC(=O)C(C)NCc1ccc(Cl)cc1Oc1ccc(-c2cnc(CN3CCCC3)n2C)cc1)C(=O)N[C@@]1(Cc2ccc(Cl)cc2)CCCN(C(=O)C(CC(=O)O)[C@H]2CCc3ccccc32)C1.O=C(O)C(F)(F)F. The fourth-order valence-electron chi connectivity index (χ4n) is 10.4. The maximum atomic E-state index is 14.6. The van der Waals surface area contributed by atoms with Crippen molar-refractivity contribution >= 4 is 52.9 Å². The molecule has 0 saturated carbocycles. The summed E-state index contributed by atoms with van der Waals surface area (Å²) in [4.78, 5) is 73.0. The number of carbonyl (C=O) groups excluding carboxylic acids is 3. The third kappa shape index (κ3) is 15.6. The van der Waals surface area contributed by atoms with Crippen LogP contribution in [-0.4, -0.2) is 123 Å². The van der Waals surface area contributed by atoms with Gasteiger partial charge in [0.15, 0.2) is 0 Å². The summed E-state index contributed by atoms with van der Waals surface area (Å²) < 4.78 is 45.7. The van der Waals surface area contributed by atoms with Gasteiger partial charge in [0.2, 0.25) is 17.7 Å². The highest BCUT2D eigenvalue weighted by Gasteiger charge is 2.44. The van der Waals surface area contributed by atoms with Gasteiger partial charge in [-0.15, -0.1) is 0 Å². The number of alkyl halides is 3. The highest BCUT2D eigenvalue weighted by Crippen LogP contribution is 2.41. The predicted octanol–water partition coefficient (Wildman–Crippen LogP) is 8.57. The van der Waals surface area contributed by atoms with Crippen LogP contribution in [0.1, 0.15) is 79.4 Å². The van der Waals surface area contributed by atoms with Crippen molar-refractivity contribution in [2.75, 3.05) is 39.9 Å². The first kappa shape index (κ1) is 58.2. The molecule has 21 heteroatoms. The molecule has 2 fully saturated rings. The smallest absolute Gasteiger partial charge is 0.481 e. The lowest BCUT2D eigenvalue weighted by Gasteiger charge is -2.45. The summed E-state index contributed by atoms with van der Waals surface area (Å²) in [5.41, 5.74) is 4.90. The number of aromatic nitrogens is 2. The third-order valence-electron chi connectivity index (χ3n) is 14.4. The number of benzene rings is 4. The van der Waals surface area contributed by atoms with Crippen molar-refractivity contribution in [2.24, 2.45) is 13.0 Å². The maximum Gasteiger partial charge on any atom is 0.490 e. The number of hydrogen-bond acceptors (Lipinski definition) is 10. The molecule has 1 aromatic heterocycles. The van der Waals surface area contributed by atoms with Crippen molar-refractivity contribution < 1.29 is 56.8 Å². The second-order valence-corrected chi connectivity index (χ2v) is 20.8. The largest absolute Gasteiger partial charge is 0.490 e. The molecule has 3 amide bonds. The minimum atomic E-state index is -5.08. The number of aryl methyl sites for hydroxylation is 1. The number of fused-ring (bicyclic) bond motifs is 1. The highest BCUT2D eigenvalue weighted by atomic mass is 35.5. The van der Waals surface area contributed by atoms with E-state index in [4.69, 9.17) is 47.6 Å². The molecule has 412 valence electrons. The zero-order valence-electron chi connectivity index (χ0n) is 43.1. The molecule has 0 bridgehead atoms. The molecule has 5 N–H and O–H groups in total. The summed E-state index contributed by atoms with van der Waals surface area (Å²) >= 11 is 12.7. The van der Waals surface area contributed by atoms with E-state index in [9.17, 15) is 37.5 Å². The van der Waals surface area contributed by atoms with E-state index in [1.54, 1.807) is 36.1 Å². The number of amides is 3. The third-order valence-corrected chi connectivity index (χ3v) is 14.9. The van der Waals surface area contributed by atoms with Crippen LogP contribution in [-0.2, 0) is 61.7 Å². The van der Waals surface area contributed by atoms with E-state index in [-0.39, 0.29) is 37.9 Å². The number of imidazole rings is 1. The van der Waals surface area contributed by atoms with Crippen molar-refractivity contribution in [3.05, 3.63) is 135 Å². The molecule has 1 aliphatic carbocycles. The highest BCUT2D eigenvalue weighted by molar-refractivity contribution is 6.31. The van der Waals surface area contributed by atoms with E-state index in [0.29, 0.717) is 53.8 Å². The monoisotopic (exact) mass is 1110 g/mol. The molecule has 4 aromatic carbocycles. The number of carbonyl (C=O) groups is 5. The van der Waals surface area contributed by atoms with Crippen LogP contribution in [0.3, 0.4) is 0 Å². The number of rotatable bonds is 20. The lowest BCUT2D eigenvalue weighted by Crippen LogP contribution is -2.65. The molecular formula is C56H64Cl2F3N7O9. The van der Waals surface area contributed by atoms with Gasteiger partial charge in [0.1, 0.15) is 23.4 Å². The van der Waals surface area contributed by atoms with Gasteiger partial charge in [-0.25, -0.2) is 9.78 Å². The molecule has 5 aromatic rings. The van der Waals surface area contributed by atoms with E-state index in [0.717, 1.165) is 65.4 Å². The normalized spacial score (nSPS) is 18.5. The van der Waals surface area contributed by atoms with E-state index < -0.39 is 53.5 Å². The topological polar surface area (TPSA) is 205 Å². The van der Waals surface area contributed by atoms with Crippen LogP contribution in [0.4, 0.5) is 13.2 Å². The summed E-state index contributed by atoms with van der Waals surface area (Å²) in [6.07, 6.45) is 1.91. The predicted molar refractivity (Wildman–Crippen MR) is 284 cm³/mol. The summed E-state index contributed by atoms with van der Waals surface area (Å²) in [5.74, 6) is -3.75. The van der Waals surface area contributed by atoms with Gasteiger partial charge in [-0.05, 0) is 136 Å². The molecule has 0 radical (unpaired) electrons. The van der Waals surface area contributed by atoms with Crippen LogP contribution in [0.2, 0.25) is 10.0 Å². The number of piperidine rings is 1. The molecule has 2 saturated heterocycles. The minimum Gasteiger partial charge on any atom is -0.481 e. The van der Waals surface area contributed by atoms with E-state index in [1.807, 2.05) is 80.0 Å². The number of nitrogens with zero attached hydrogens (tertiary/aromatic N) is 4. The van der Waals surface area contributed by atoms with Gasteiger partial charge < -0.3 is 45.1 Å². The Morgan fingerprint density at radius 1 is 0.896 bits per heavy atom. The molecule has 16 nitrogen and oxygen atoms in total. The van der Waals surface area contributed by atoms with Gasteiger partial charge in [-0.2, -0.15) is 13.2 Å². The van der Waals surface area contributed by atoms with Crippen molar-refractivity contribution in [2.45, 2.75) is 101 Å². The van der Waals surface area contributed by atoms with Crippen LogP contribution in [0, 0.1) is 5.92 Å². The van der Waals surface area contributed by atoms with Crippen molar-refractivity contribution in [3.63, 3.8) is 0 Å². The molecule has 77 heavy (non-hydrogen) atoms. The number of carboxylic acid groups (broad SMARTS) is 2. The first-order chi connectivity index (χ1) is 36.7. The first-order valence-electron chi connectivity index (χ1n) is 25.5. The van der Waals surface area contributed by atoms with Gasteiger partial charge in [0.05, 0.1) is 49.0 Å². The van der Waals surface area contributed by atoms with Gasteiger partial charge >= 0.3 is 18.1 Å². The Kier molecular flexibility index (Phi) is 19.8. The molecule has 3 heterocycles. The number of hydrogen-bond donors (Lipinski definition) is 5. The van der Waals surface area contributed by atoms with E-state index >= 15 is 0 Å². The number of carboxylic acids is 2. The van der Waals surface area contributed by atoms with E-state index in [2.05, 4.69) is 25.4 Å². The second-order valence-electron chi connectivity index (χ2n) is 19.9. The molecular weight excluding hydrogens is 1040 g/mol. The zero-order valence-corrected chi connectivity index (χ0v) is 44.6. The second kappa shape index (κ2) is 26.2. The van der Waals surface area contributed by atoms with E-state index in [1.165, 1.54) is 20.0 Å². The van der Waals surface area contributed by atoms with Crippen LogP contribution >= 0.6 is 23.2 Å². The zero-order chi connectivity index (χ0) is 55.4. The number of methoxy groups -OCH3 is 1. The Morgan fingerprint density at radius 2 is 1.58 bits per heavy atom. The maximum absolute atomic E-state index is 14.6. The quantitative estimate of drug-likeness (QED) is 0.0498. The summed E-state index contributed by atoms with van der Waals surface area (Å²) in [5, 5.41) is 27.7. The Hall–Kier alpha value is -6.51. The molecule has 0 spiro atoms. The van der Waals surface area contributed by atoms with Crippen LogP contribution in [0.5, 0.6) is 11.5 Å². The van der Waals surface area contributed by atoms with Crippen molar-refractivity contribution in [1.82, 2.24) is 35.3 Å². The molecule has 8 rings (SSSR count). The molecule has 3 aliphatic rings. The fraction of sp³-hybridized carbons (Fsp3) is 0.429. The number of ether oxygens (including phenoxy) is 2. The Morgan fingerprint density at radius 3 is 2.26 bits per heavy atom. The van der Waals surface area contributed by atoms with Crippen LogP contribution in [0.25, 0.3) is 11.3 Å². The fourth-order valence-corrected chi connectivity index (χ4v) is 10.7. The number of aliphatic carboxylic acids is 2. The first-order valence-corrected chi connectivity index (χ1v) is 26.3. The molecule has 5 atom stereocenters. The van der Waals surface area contributed by atoms with Crippen LogP contribution < -0.4 is 20.7 Å². The average Bonchev–Trinajstić information content (AvgIpc) is 4.19. The molecule has 3 unspecified atom stereocenters. The Bertz CT molecular complexity index is 2870. The van der Waals surface area contributed by atoms with Crippen molar-refractivity contribution in [3.8, 4) is 22.8 Å². The van der Waals surface area contributed by atoms with Gasteiger partial charge in [-0.1, -0.05) is 65.7 Å². The lowest BCUT2D eigenvalue weighted by molar-refractivity contribution is -0.192. The molecule has 2 aliphatic heterocycles. The minimum absolute atomic E-state index is 0.111. The Balaban J connectivity index is 0.00000115. The number of likely N-dealkylation sites (tertiary alicyclic amines) is 2. The van der Waals surface area contributed by atoms with Gasteiger partial charge in [-0.3, -0.25) is 24.1 Å². The number of nitrogens with one attached hydrogen (secondary N) is 3. The Labute approximate surface area is 455 Å². The number of halogens is 5. The van der Waals surface area contributed by atoms with Crippen LogP contribution in [0.15, 0.2) is 97.2 Å². The average molecular weight is 1110 g/mol.